The van der Waals surface area contributed by atoms with E-state index in [4.69, 9.17) is 37.0 Å². The van der Waals surface area contributed by atoms with Gasteiger partial charge >= 0.3 is 39.5 Å². The number of carbonyl (C=O) groups is 4. The molecule has 17 nitrogen and oxygen atoms in total. The van der Waals surface area contributed by atoms with Crippen LogP contribution in [0, 0.1) is 11.8 Å². The predicted octanol–water partition coefficient (Wildman–Crippen LogP) is 19.2. The lowest BCUT2D eigenvalue weighted by Crippen LogP contribution is -2.30. The lowest BCUT2D eigenvalue weighted by Gasteiger charge is -2.21. The molecule has 0 heterocycles. The van der Waals surface area contributed by atoms with E-state index in [1.165, 1.54) is 154 Å². The molecule has 0 saturated carbocycles. The Morgan fingerprint density at radius 3 is 0.782 bits per heavy atom. The summed E-state index contributed by atoms with van der Waals surface area (Å²) in [4.78, 5) is 72.4. The number of phosphoric acid groups is 2. The number of aliphatic hydroxyl groups excluding tert-OH is 1. The molecule has 0 bridgehead atoms. The molecule has 0 aromatic heterocycles. The number of carbonyl (C=O) groups excluding carboxylic acids is 4. The normalized spacial score (nSPS) is 14.2. The first-order chi connectivity index (χ1) is 41.9. The van der Waals surface area contributed by atoms with Crippen LogP contribution in [0.3, 0.4) is 0 Å². The SMILES string of the molecule is CCCCCCCCCCCCCCCCCC(=O)O[C@H](COC(=O)CCCCCCCCCCCCCC)COP(=O)(O)OC[C@@H](O)COP(=O)(O)OC[C@@H](COC(=O)CCCCCCCCC(C)C)OC(=O)CCCCCCCCCCC(C)C. The summed E-state index contributed by atoms with van der Waals surface area (Å²) < 4.78 is 68.2. The van der Waals surface area contributed by atoms with Gasteiger partial charge in [0.2, 0.25) is 0 Å². The molecular formula is C68H132O17P2. The van der Waals surface area contributed by atoms with Crippen LogP contribution in [0.25, 0.3) is 0 Å². The number of ether oxygens (including phenoxy) is 4. The molecule has 19 heteroatoms. The Kier molecular flexibility index (Phi) is 59.0. The zero-order chi connectivity index (χ0) is 64.3. The molecule has 3 N–H and O–H groups in total. The number of aliphatic hydroxyl groups is 1. The number of hydrogen-bond acceptors (Lipinski definition) is 15. The Labute approximate surface area is 530 Å². The van der Waals surface area contributed by atoms with Gasteiger partial charge in [0.25, 0.3) is 0 Å². The van der Waals surface area contributed by atoms with Gasteiger partial charge in [-0.1, -0.05) is 292 Å². The molecule has 0 radical (unpaired) electrons. The molecule has 0 aromatic rings. The maximum absolute atomic E-state index is 13.0. The second-order valence-corrected chi connectivity index (χ2v) is 28.4. The Bertz CT molecular complexity index is 1700. The van der Waals surface area contributed by atoms with E-state index in [9.17, 15) is 43.2 Å². The van der Waals surface area contributed by atoms with E-state index >= 15 is 0 Å². The highest BCUT2D eigenvalue weighted by Gasteiger charge is 2.30. The summed E-state index contributed by atoms with van der Waals surface area (Å²) >= 11 is 0. The van der Waals surface area contributed by atoms with Gasteiger partial charge in [-0.3, -0.25) is 37.3 Å². The average molecular weight is 1280 g/mol. The molecule has 0 saturated heterocycles. The van der Waals surface area contributed by atoms with E-state index < -0.39 is 97.5 Å². The molecule has 0 aromatic carbocycles. The highest BCUT2D eigenvalue weighted by molar-refractivity contribution is 7.47. The molecule has 5 atom stereocenters. The molecule has 0 fully saturated rings. The van der Waals surface area contributed by atoms with Gasteiger partial charge in [-0.25, -0.2) is 9.13 Å². The van der Waals surface area contributed by atoms with Crippen molar-refractivity contribution in [3.05, 3.63) is 0 Å². The largest absolute Gasteiger partial charge is 0.472 e. The number of unbranched alkanes of at least 4 members (excludes halogenated alkanes) is 37. The second kappa shape index (κ2) is 60.3. The highest BCUT2D eigenvalue weighted by atomic mass is 31.2. The fourth-order valence-corrected chi connectivity index (χ4v) is 11.8. The first kappa shape index (κ1) is 85.1. The summed E-state index contributed by atoms with van der Waals surface area (Å²) in [6.45, 7) is 9.41. The van der Waals surface area contributed by atoms with Crippen molar-refractivity contribution in [2.75, 3.05) is 39.6 Å². The van der Waals surface area contributed by atoms with E-state index in [1.54, 1.807) is 0 Å². The van der Waals surface area contributed by atoms with Crippen LogP contribution in [-0.4, -0.2) is 96.7 Å². The standard InChI is InChI=1S/C68H132O17P2/c1-7-9-11-13-15-17-19-21-22-23-25-27-32-40-46-52-67(72)84-63(56-78-65(70)50-44-38-31-26-24-20-18-16-14-12-10-8-2)58-82-86(74,75)80-54-62(69)55-81-87(76,77)83-59-64(57-79-66(71)51-45-39-35-34-37-43-49-61(5)6)85-68(73)53-47-41-33-29-28-30-36-42-48-60(3)4/h60-64,69H,7-59H2,1-6H3,(H,74,75)(H,76,77)/t62-,63-,64-/m1/s1. The first-order valence-electron chi connectivity index (χ1n) is 35.5. The van der Waals surface area contributed by atoms with Crippen molar-refractivity contribution in [1.29, 1.82) is 0 Å². The summed E-state index contributed by atoms with van der Waals surface area (Å²) in [5.74, 6) is -0.731. The van der Waals surface area contributed by atoms with Crippen LogP contribution >= 0.6 is 15.6 Å². The van der Waals surface area contributed by atoms with Crippen molar-refractivity contribution in [1.82, 2.24) is 0 Å². The number of phosphoric ester groups is 2. The van der Waals surface area contributed by atoms with Gasteiger partial charge in [-0.05, 0) is 37.5 Å². The lowest BCUT2D eigenvalue weighted by atomic mass is 10.0. The van der Waals surface area contributed by atoms with Crippen molar-refractivity contribution < 1.29 is 80.2 Å². The molecule has 0 spiro atoms. The maximum atomic E-state index is 13.0. The van der Waals surface area contributed by atoms with Crippen LogP contribution in [0.4, 0.5) is 0 Å². The minimum atomic E-state index is -4.95. The zero-order valence-corrected chi connectivity index (χ0v) is 58.1. The molecule has 0 aliphatic carbocycles. The zero-order valence-electron chi connectivity index (χ0n) is 56.3. The van der Waals surface area contributed by atoms with Gasteiger partial charge in [-0.2, -0.15) is 0 Å². The van der Waals surface area contributed by atoms with Gasteiger partial charge in [0.1, 0.15) is 19.3 Å². The molecule has 0 aliphatic rings. The van der Waals surface area contributed by atoms with Crippen molar-refractivity contribution >= 4 is 39.5 Å². The molecule has 2 unspecified atom stereocenters. The molecule has 0 rings (SSSR count). The van der Waals surface area contributed by atoms with Gasteiger partial charge in [0.15, 0.2) is 12.2 Å². The quantitative estimate of drug-likeness (QED) is 0.0222. The minimum Gasteiger partial charge on any atom is -0.462 e. The monoisotopic (exact) mass is 1280 g/mol. The summed E-state index contributed by atoms with van der Waals surface area (Å²) in [5, 5.41) is 10.6. The second-order valence-electron chi connectivity index (χ2n) is 25.5. The molecule has 87 heavy (non-hydrogen) atoms. The van der Waals surface area contributed by atoms with Crippen LogP contribution < -0.4 is 0 Å². The van der Waals surface area contributed by atoms with Crippen LogP contribution in [0.2, 0.25) is 0 Å². The van der Waals surface area contributed by atoms with Crippen molar-refractivity contribution in [2.45, 2.75) is 362 Å². The average Bonchev–Trinajstić information content (AvgIpc) is 3.64. The Hall–Kier alpha value is -1.94. The number of rotatable bonds is 67. The summed E-state index contributed by atoms with van der Waals surface area (Å²) in [7, 11) is -9.89. The number of esters is 4. The summed E-state index contributed by atoms with van der Waals surface area (Å²) in [6.07, 6.45) is 44.5. The third-order valence-electron chi connectivity index (χ3n) is 15.7. The van der Waals surface area contributed by atoms with Crippen LogP contribution in [-0.2, 0) is 65.4 Å². The Morgan fingerprint density at radius 1 is 0.310 bits per heavy atom. The van der Waals surface area contributed by atoms with Crippen LogP contribution in [0.1, 0.15) is 343 Å². The number of hydrogen-bond donors (Lipinski definition) is 3. The van der Waals surface area contributed by atoms with Gasteiger partial charge < -0.3 is 33.8 Å². The van der Waals surface area contributed by atoms with E-state index in [2.05, 4.69) is 41.5 Å². The van der Waals surface area contributed by atoms with Gasteiger partial charge in [0.05, 0.1) is 26.4 Å². The summed E-state index contributed by atoms with van der Waals surface area (Å²) in [5.41, 5.74) is 0. The predicted molar refractivity (Wildman–Crippen MR) is 349 cm³/mol. The van der Waals surface area contributed by atoms with Crippen LogP contribution in [0.5, 0.6) is 0 Å². The summed E-state index contributed by atoms with van der Waals surface area (Å²) in [6, 6.07) is 0. The van der Waals surface area contributed by atoms with Gasteiger partial charge in [0, 0.05) is 25.7 Å². The smallest absolute Gasteiger partial charge is 0.462 e. The third kappa shape index (κ3) is 62.6. The van der Waals surface area contributed by atoms with E-state index in [1.807, 2.05) is 0 Å². The lowest BCUT2D eigenvalue weighted by molar-refractivity contribution is -0.161. The van der Waals surface area contributed by atoms with Crippen molar-refractivity contribution in [3.63, 3.8) is 0 Å². The third-order valence-corrected chi connectivity index (χ3v) is 17.6. The molecular weight excluding hydrogens is 1150 g/mol. The fraction of sp³-hybridized carbons (Fsp3) is 0.941. The maximum Gasteiger partial charge on any atom is 0.472 e. The Morgan fingerprint density at radius 2 is 0.529 bits per heavy atom. The first-order valence-corrected chi connectivity index (χ1v) is 38.5. The van der Waals surface area contributed by atoms with Crippen LogP contribution in [0.15, 0.2) is 0 Å². The van der Waals surface area contributed by atoms with E-state index in [0.717, 1.165) is 102 Å². The minimum absolute atomic E-state index is 0.103. The van der Waals surface area contributed by atoms with E-state index in [-0.39, 0.29) is 25.7 Å². The van der Waals surface area contributed by atoms with Crippen molar-refractivity contribution in [2.24, 2.45) is 11.8 Å². The topological polar surface area (TPSA) is 237 Å². The fourth-order valence-electron chi connectivity index (χ4n) is 10.2. The Balaban J connectivity index is 5.24. The molecule has 0 aliphatic heterocycles. The molecule has 0 amide bonds. The van der Waals surface area contributed by atoms with Crippen molar-refractivity contribution in [3.8, 4) is 0 Å². The molecule has 516 valence electrons. The highest BCUT2D eigenvalue weighted by Crippen LogP contribution is 2.45. The van der Waals surface area contributed by atoms with E-state index in [0.29, 0.717) is 31.6 Å². The van der Waals surface area contributed by atoms with Gasteiger partial charge in [-0.15, -0.1) is 0 Å².